The van der Waals surface area contributed by atoms with Gasteiger partial charge in [-0.05, 0) is 49.7 Å². The number of aliphatic hydroxyl groups excluding tert-OH is 1. The molecule has 1 atom stereocenters. The van der Waals surface area contributed by atoms with Gasteiger partial charge in [0, 0.05) is 17.3 Å². The molecule has 1 unspecified atom stereocenters. The largest absolute Gasteiger partial charge is 0.507 e. The number of ether oxygens (including phenoxy) is 3. The third-order valence-electron chi connectivity index (χ3n) is 5.79. The number of carbonyl (C=O) groups is 2. The molecule has 7 nitrogen and oxygen atoms in total. The highest BCUT2D eigenvalue weighted by Crippen LogP contribution is 2.44. The lowest BCUT2D eigenvalue weighted by atomic mass is 9.95. The van der Waals surface area contributed by atoms with Gasteiger partial charge >= 0.3 is 0 Å². The van der Waals surface area contributed by atoms with E-state index in [1.807, 2.05) is 32.0 Å². The number of amides is 1. The zero-order valence-electron chi connectivity index (χ0n) is 20.2. The van der Waals surface area contributed by atoms with E-state index in [0.29, 0.717) is 47.3 Å². The van der Waals surface area contributed by atoms with E-state index in [0.717, 1.165) is 0 Å². The highest BCUT2D eigenvalue weighted by molar-refractivity contribution is 6.51. The van der Waals surface area contributed by atoms with E-state index >= 15 is 0 Å². The van der Waals surface area contributed by atoms with Gasteiger partial charge in [-0.25, -0.2) is 0 Å². The molecule has 1 fully saturated rings. The van der Waals surface area contributed by atoms with E-state index in [2.05, 4.69) is 0 Å². The predicted molar refractivity (Wildman–Crippen MR) is 138 cm³/mol. The maximum Gasteiger partial charge on any atom is 0.300 e. The van der Waals surface area contributed by atoms with Gasteiger partial charge in [-0.1, -0.05) is 41.9 Å². The summed E-state index contributed by atoms with van der Waals surface area (Å²) in [4.78, 5) is 28.1. The maximum absolute atomic E-state index is 13.4. The fourth-order valence-electron chi connectivity index (χ4n) is 4.21. The number of rotatable bonds is 8. The first-order valence-electron chi connectivity index (χ1n) is 11.5. The number of ketones is 1. The van der Waals surface area contributed by atoms with Gasteiger partial charge in [-0.15, -0.1) is 0 Å². The van der Waals surface area contributed by atoms with E-state index in [1.165, 1.54) is 18.1 Å². The van der Waals surface area contributed by atoms with Crippen LogP contribution < -0.4 is 19.1 Å². The molecule has 0 spiro atoms. The number of Topliss-reactive ketones (excluding diaryl/α,β-unsaturated/α-hetero) is 1. The van der Waals surface area contributed by atoms with E-state index in [-0.39, 0.29) is 16.4 Å². The number of aliphatic hydroxyl groups is 1. The third kappa shape index (κ3) is 4.62. The Labute approximate surface area is 214 Å². The number of halogens is 1. The van der Waals surface area contributed by atoms with Crippen molar-refractivity contribution in [3.05, 3.63) is 88.5 Å². The minimum Gasteiger partial charge on any atom is -0.507 e. The number of hydrogen-bond donors (Lipinski definition) is 1. The summed E-state index contributed by atoms with van der Waals surface area (Å²) < 4.78 is 16.6. The van der Waals surface area contributed by atoms with Crippen LogP contribution >= 0.6 is 11.6 Å². The van der Waals surface area contributed by atoms with Crippen LogP contribution in [0, 0.1) is 0 Å². The highest BCUT2D eigenvalue weighted by Gasteiger charge is 2.47. The first-order chi connectivity index (χ1) is 17.4. The van der Waals surface area contributed by atoms with Crippen LogP contribution in [0.25, 0.3) is 5.76 Å². The van der Waals surface area contributed by atoms with Crippen molar-refractivity contribution in [1.82, 2.24) is 0 Å². The summed E-state index contributed by atoms with van der Waals surface area (Å²) in [5, 5.41) is 11.5. The van der Waals surface area contributed by atoms with Crippen molar-refractivity contribution >= 4 is 34.7 Å². The Morgan fingerprint density at radius 3 is 2.22 bits per heavy atom. The molecule has 1 N–H and O–H groups in total. The molecule has 1 amide bonds. The molecule has 8 heteroatoms. The number of anilines is 1. The van der Waals surface area contributed by atoms with Crippen LogP contribution in [0.15, 0.2) is 72.3 Å². The Morgan fingerprint density at radius 2 is 1.58 bits per heavy atom. The van der Waals surface area contributed by atoms with Crippen molar-refractivity contribution in [3.8, 4) is 17.2 Å². The van der Waals surface area contributed by atoms with Gasteiger partial charge in [-0.3, -0.25) is 14.5 Å². The number of nitrogens with zero attached hydrogens (tertiary/aromatic N) is 1. The van der Waals surface area contributed by atoms with Crippen molar-refractivity contribution in [1.29, 1.82) is 0 Å². The number of benzene rings is 3. The fraction of sp³-hybridized carbons (Fsp3) is 0.214. The van der Waals surface area contributed by atoms with Gasteiger partial charge in [-0.2, -0.15) is 0 Å². The summed E-state index contributed by atoms with van der Waals surface area (Å²) in [6.07, 6.45) is 0. The molecule has 1 saturated heterocycles. The topological polar surface area (TPSA) is 85.3 Å². The zero-order chi connectivity index (χ0) is 25.8. The van der Waals surface area contributed by atoms with Crippen LogP contribution in [0.5, 0.6) is 17.2 Å². The van der Waals surface area contributed by atoms with Gasteiger partial charge in [0.1, 0.15) is 11.5 Å². The van der Waals surface area contributed by atoms with Crippen molar-refractivity contribution in [2.45, 2.75) is 19.9 Å². The lowest BCUT2D eigenvalue weighted by molar-refractivity contribution is -0.132. The summed E-state index contributed by atoms with van der Waals surface area (Å²) in [5.41, 5.74) is 1.34. The number of hydrogen-bond acceptors (Lipinski definition) is 6. The lowest BCUT2D eigenvalue weighted by Gasteiger charge is -2.26. The predicted octanol–water partition coefficient (Wildman–Crippen LogP) is 5.77. The normalized spacial score (nSPS) is 16.8. The third-order valence-corrected chi connectivity index (χ3v) is 6.09. The van der Waals surface area contributed by atoms with Crippen molar-refractivity contribution in [3.63, 3.8) is 0 Å². The first-order valence-corrected chi connectivity index (χ1v) is 11.9. The van der Waals surface area contributed by atoms with Crippen LogP contribution in [0.1, 0.15) is 31.0 Å². The Balaban J connectivity index is 1.90. The summed E-state index contributed by atoms with van der Waals surface area (Å²) in [6.45, 7) is 4.54. The van der Waals surface area contributed by atoms with Crippen molar-refractivity contribution in [2.75, 3.05) is 25.2 Å². The molecule has 0 saturated carbocycles. The Morgan fingerprint density at radius 1 is 0.917 bits per heavy atom. The average molecular weight is 508 g/mol. The second-order valence-electron chi connectivity index (χ2n) is 7.93. The molecule has 0 aliphatic carbocycles. The Bertz CT molecular complexity index is 1320. The molecule has 186 valence electrons. The summed E-state index contributed by atoms with van der Waals surface area (Å²) in [6, 6.07) is 17.9. The minimum absolute atomic E-state index is 0.0423. The molecule has 3 aromatic carbocycles. The lowest BCUT2D eigenvalue weighted by Crippen LogP contribution is -2.29. The summed E-state index contributed by atoms with van der Waals surface area (Å²) >= 11 is 6.26. The molecule has 36 heavy (non-hydrogen) atoms. The van der Waals surface area contributed by atoms with E-state index < -0.39 is 17.7 Å². The first kappa shape index (κ1) is 25.1. The van der Waals surface area contributed by atoms with E-state index in [9.17, 15) is 14.7 Å². The molecule has 0 bridgehead atoms. The quantitative estimate of drug-likeness (QED) is 0.236. The molecule has 1 aliphatic rings. The molecule has 0 aromatic heterocycles. The van der Waals surface area contributed by atoms with Crippen LogP contribution in [0.3, 0.4) is 0 Å². The molecule has 0 radical (unpaired) electrons. The van der Waals surface area contributed by atoms with E-state index in [4.69, 9.17) is 25.8 Å². The standard InChI is InChI=1S/C28H26ClNO6/c1-4-35-22-14-12-19(16-23(22)36-5-2)30-25(17-9-7-6-8-10-17)24(27(32)28(30)33)26(31)18-11-13-21(34-3)20(29)15-18/h6-16,25,31H,4-5H2,1-3H3/b26-24+. The van der Waals surface area contributed by atoms with Crippen LogP contribution in [-0.4, -0.2) is 37.1 Å². The highest BCUT2D eigenvalue weighted by atomic mass is 35.5. The monoisotopic (exact) mass is 507 g/mol. The van der Waals surface area contributed by atoms with Crippen LogP contribution in [0.2, 0.25) is 5.02 Å². The molecular weight excluding hydrogens is 482 g/mol. The second kappa shape index (κ2) is 10.7. The molecule has 1 heterocycles. The molecule has 3 aromatic rings. The maximum atomic E-state index is 13.4. The fourth-order valence-corrected chi connectivity index (χ4v) is 4.47. The average Bonchev–Trinajstić information content (AvgIpc) is 3.15. The van der Waals surface area contributed by atoms with Gasteiger partial charge in [0.2, 0.25) is 0 Å². The van der Waals surface area contributed by atoms with E-state index in [1.54, 1.807) is 42.5 Å². The van der Waals surface area contributed by atoms with Crippen LogP contribution in [-0.2, 0) is 9.59 Å². The van der Waals surface area contributed by atoms with Crippen molar-refractivity contribution < 1.29 is 28.9 Å². The van der Waals surface area contributed by atoms with Gasteiger partial charge in [0.05, 0.1) is 37.0 Å². The summed E-state index contributed by atoms with van der Waals surface area (Å²) in [7, 11) is 1.48. The summed E-state index contributed by atoms with van der Waals surface area (Å²) in [5.74, 6) is -0.496. The molecule has 1 aliphatic heterocycles. The Hall–Kier alpha value is -3.97. The minimum atomic E-state index is -0.875. The zero-order valence-corrected chi connectivity index (χ0v) is 20.9. The SMILES string of the molecule is CCOc1ccc(N2C(=O)C(=O)/C(=C(/O)c3ccc(OC)c(Cl)c3)C2c2ccccc2)cc1OCC. The van der Waals surface area contributed by atoms with Crippen LogP contribution in [0.4, 0.5) is 5.69 Å². The van der Waals surface area contributed by atoms with Crippen molar-refractivity contribution in [2.24, 2.45) is 0 Å². The van der Waals surface area contributed by atoms with Gasteiger partial charge in [0.25, 0.3) is 11.7 Å². The van der Waals surface area contributed by atoms with Gasteiger partial charge in [0.15, 0.2) is 11.5 Å². The molecule has 4 rings (SSSR count). The number of carbonyl (C=O) groups excluding carboxylic acids is 2. The molecular formula is C28H26ClNO6. The smallest absolute Gasteiger partial charge is 0.300 e. The number of methoxy groups -OCH3 is 1. The Kier molecular flexibility index (Phi) is 7.50. The second-order valence-corrected chi connectivity index (χ2v) is 8.33. The van der Waals surface area contributed by atoms with Gasteiger partial charge < -0.3 is 19.3 Å².